The van der Waals surface area contributed by atoms with E-state index in [0.717, 1.165) is 24.1 Å². The van der Waals surface area contributed by atoms with Crippen molar-refractivity contribution in [1.82, 2.24) is 4.98 Å². The van der Waals surface area contributed by atoms with E-state index in [0.29, 0.717) is 6.26 Å². The number of hydrogen-bond acceptors (Lipinski definition) is 5. The molecule has 0 unspecified atom stereocenters. The first-order valence-corrected chi connectivity index (χ1v) is 8.53. The second-order valence-electron chi connectivity index (χ2n) is 4.49. The zero-order valence-corrected chi connectivity index (χ0v) is 13.0. The maximum atomic E-state index is 9.08. The molecule has 1 aromatic carbocycles. The molecule has 0 aliphatic rings. The lowest BCUT2D eigenvalue weighted by Crippen LogP contribution is -2.43. The maximum absolute atomic E-state index is 9.08. The van der Waals surface area contributed by atoms with Crippen LogP contribution in [0.3, 0.4) is 0 Å². The normalized spacial score (nSPS) is 10.8. The topological polar surface area (TPSA) is 83.2 Å². The molecule has 6 nitrogen and oxygen atoms in total. The van der Waals surface area contributed by atoms with Crippen molar-refractivity contribution < 1.29 is 22.5 Å². The standard InChI is InChI=1S/C13H17N2O.CH4O3S/c1-2-3-6-11-16-15-10-9-14-12-7-4-5-8-13(12)15;1-5(2,3)4/h4-5,7-10H,2-3,6,11H2,1H3;1H3,(H,2,3,4)/q+1;/p-1. The van der Waals surface area contributed by atoms with Crippen LogP contribution in [0, 0.1) is 0 Å². The van der Waals surface area contributed by atoms with Crippen LogP contribution in [0.1, 0.15) is 26.2 Å². The Hall–Kier alpha value is -1.73. The highest BCUT2D eigenvalue weighted by atomic mass is 32.2. The van der Waals surface area contributed by atoms with Crippen LogP contribution in [0.5, 0.6) is 0 Å². The Morgan fingerprint density at radius 3 is 2.62 bits per heavy atom. The van der Waals surface area contributed by atoms with Crippen molar-refractivity contribution in [2.24, 2.45) is 0 Å². The number of nitrogens with zero attached hydrogens (tertiary/aromatic N) is 2. The van der Waals surface area contributed by atoms with Gasteiger partial charge in [0.15, 0.2) is 6.61 Å². The minimum Gasteiger partial charge on any atom is -0.748 e. The summed E-state index contributed by atoms with van der Waals surface area (Å²) in [6, 6.07) is 7.98. The molecule has 21 heavy (non-hydrogen) atoms. The number of benzene rings is 1. The molecule has 116 valence electrons. The molecule has 0 aliphatic heterocycles. The summed E-state index contributed by atoms with van der Waals surface area (Å²) in [6.07, 6.45) is 7.75. The maximum Gasteiger partial charge on any atom is 0.282 e. The highest BCUT2D eigenvalue weighted by Crippen LogP contribution is 2.03. The van der Waals surface area contributed by atoms with Crippen LogP contribution in [0.2, 0.25) is 0 Å². The highest BCUT2D eigenvalue weighted by Gasteiger charge is 2.09. The van der Waals surface area contributed by atoms with E-state index in [-0.39, 0.29) is 0 Å². The third kappa shape index (κ3) is 7.57. The second-order valence-corrected chi connectivity index (χ2v) is 5.89. The summed E-state index contributed by atoms with van der Waals surface area (Å²) in [6.45, 7) is 2.95. The Labute approximate surface area is 125 Å². The summed E-state index contributed by atoms with van der Waals surface area (Å²) in [4.78, 5) is 9.98. The Bertz CT molecular complexity index is 646. The highest BCUT2D eigenvalue weighted by molar-refractivity contribution is 7.84. The monoisotopic (exact) mass is 312 g/mol. The molecule has 0 saturated carbocycles. The van der Waals surface area contributed by atoms with E-state index in [4.69, 9.17) is 17.8 Å². The summed E-state index contributed by atoms with van der Waals surface area (Å²) in [5, 5.41) is 0. The van der Waals surface area contributed by atoms with Gasteiger partial charge < -0.3 is 4.55 Å². The van der Waals surface area contributed by atoms with Crippen LogP contribution in [0.4, 0.5) is 0 Å². The van der Waals surface area contributed by atoms with Gasteiger partial charge in [0.05, 0.1) is 16.3 Å². The van der Waals surface area contributed by atoms with Gasteiger partial charge in [-0.2, -0.15) is 0 Å². The number of unbranched alkanes of at least 4 members (excludes halogenated alkanes) is 2. The molecule has 0 amide bonds. The van der Waals surface area contributed by atoms with Crippen LogP contribution < -0.4 is 9.57 Å². The van der Waals surface area contributed by atoms with Gasteiger partial charge in [0, 0.05) is 17.1 Å². The molecule has 2 rings (SSSR count). The summed E-state index contributed by atoms with van der Waals surface area (Å²) in [5.41, 5.74) is 1.97. The summed E-state index contributed by atoms with van der Waals surface area (Å²) in [5.74, 6) is 0. The van der Waals surface area contributed by atoms with E-state index in [1.54, 1.807) is 10.9 Å². The first-order valence-electron chi connectivity index (χ1n) is 6.71. The molecular weight excluding hydrogens is 292 g/mol. The molecule has 0 bridgehead atoms. The third-order valence-corrected chi connectivity index (χ3v) is 2.51. The number of fused-ring (bicyclic) bond motifs is 1. The minimum atomic E-state index is -3.92. The largest absolute Gasteiger partial charge is 0.748 e. The van der Waals surface area contributed by atoms with E-state index < -0.39 is 10.1 Å². The van der Waals surface area contributed by atoms with Gasteiger partial charge in [-0.15, -0.1) is 0 Å². The van der Waals surface area contributed by atoms with E-state index >= 15 is 0 Å². The third-order valence-electron chi connectivity index (χ3n) is 2.51. The molecule has 7 heteroatoms. The molecule has 0 atom stereocenters. The molecule has 1 heterocycles. The fourth-order valence-electron chi connectivity index (χ4n) is 1.64. The summed E-state index contributed by atoms with van der Waals surface area (Å²) < 4.78 is 29.0. The Kier molecular flexibility index (Phi) is 7.04. The first kappa shape index (κ1) is 17.3. The zero-order valence-electron chi connectivity index (χ0n) is 12.2. The predicted octanol–water partition coefficient (Wildman–Crippen LogP) is 1.30. The lowest BCUT2D eigenvalue weighted by atomic mass is 10.3. The predicted molar refractivity (Wildman–Crippen MR) is 78.5 cm³/mol. The molecule has 0 fully saturated rings. The van der Waals surface area contributed by atoms with E-state index in [1.165, 1.54) is 12.8 Å². The zero-order chi connectivity index (χ0) is 15.7. The van der Waals surface area contributed by atoms with Crippen molar-refractivity contribution in [3.05, 3.63) is 36.7 Å². The van der Waals surface area contributed by atoms with Crippen molar-refractivity contribution in [2.45, 2.75) is 26.2 Å². The number of para-hydroxylation sites is 2. The van der Waals surface area contributed by atoms with Crippen molar-refractivity contribution >= 4 is 21.2 Å². The average molecular weight is 312 g/mol. The van der Waals surface area contributed by atoms with Crippen LogP contribution in [-0.4, -0.2) is 30.8 Å². The van der Waals surface area contributed by atoms with Crippen LogP contribution in [0.15, 0.2) is 36.7 Å². The number of rotatable bonds is 5. The smallest absolute Gasteiger partial charge is 0.282 e. The van der Waals surface area contributed by atoms with E-state index in [1.807, 2.05) is 30.5 Å². The molecule has 0 saturated heterocycles. The van der Waals surface area contributed by atoms with Crippen molar-refractivity contribution in [1.29, 1.82) is 0 Å². The van der Waals surface area contributed by atoms with Gasteiger partial charge in [-0.05, 0) is 12.5 Å². The van der Waals surface area contributed by atoms with Crippen molar-refractivity contribution in [2.75, 3.05) is 12.9 Å². The molecule has 2 aromatic rings. The van der Waals surface area contributed by atoms with Gasteiger partial charge in [0.2, 0.25) is 6.20 Å². The number of aromatic nitrogens is 2. The van der Waals surface area contributed by atoms with Crippen LogP contribution >= 0.6 is 0 Å². The van der Waals surface area contributed by atoms with Crippen LogP contribution in [0.25, 0.3) is 11.0 Å². The Morgan fingerprint density at radius 2 is 1.95 bits per heavy atom. The van der Waals surface area contributed by atoms with Crippen molar-refractivity contribution in [3.8, 4) is 0 Å². The Morgan fingerprint density at radius 1 is 1.29 bits per heavy atom. The van der Waals surface area contributed by atoms with Gasteiger partial charge in [0.1, 0.15) is 5.52 Å². The van der Waals surface area contributed by atoms with Gasteiger partial charge >= 0.3 is 0 Å². The molecule has 1 aromatic heterocycles. The van der Waals surface area contributed by atoms with Gasteiger partial charge in [0.25, 0.3) is 5.52 Å². The SMILES string of the molecule is CCCCCO[n+]1ccnc2ccccc21.CS(=O)(=O)[O-]. The lowest BCUT2D eigenvalue weighted by Gasteiger charge is -2.00. The molecule has 0 N–H and O–H groups in total. The molecular formula is C14H20N2O4S. The fraction of sp³-hybridized carbons (Fsp3) is 0.429. The second kappa shape index (κ2) is 8.53. The van der Waals surface area contributed by atoms with E-state index in [9.17, 15) is 0 Å². The number of hydrogen-bond donors (Lipinski definition) is 0. The molecule has 0 radical (unpaired) electrons. The first-order chi connectivity index (χ1) is 9.92. The minimum absolute atomic E-state index is 0.604. The van der Waals surface area contributed by atoms with Gasteiger partial charge in [-0.1, -0.05) is 31.9 Å². The van der Waals surface area contributed by atoms with Crippen LogP contribution in [-0.2, 0) is 10.1 Å². The van der Waals surface area contributed by atoms with Gasteiger partial charge in [-0.25, -0.2) is 13.4 Å². The Balaban J connectivity index is 0.000000383. The molecule has 0 spiro atoms. The molecule has 0 aliphatic carbocycles. The van der Waals surface area contributed by atoms with E-state index in [2.05, 4.69) is 11.9 Å². The van der Waals surface area contributed by atoms with Crippen molar-refractivity contribution in [3.63, 3.8) is 0 Å². The average Bonchev–Trinajstić information content (AvgIpc) is 2.42. The van der Waals surface area contributed by atoms with Gasteiger partial charge in [-0.3, -0.25) is 4.84 Å². The lowest BCUT2D eigenvalue weighted by molar-refractivity contribution is -0.871. The summed E-state index contributed by atoms with van der Waals surface area (Å²) >= 11 is 0. The summed E-state index contributed by atoms with van der Waals surface area (Å²) in [7, 11) is -3.92. The quantitative estimate of drug-likeness (QED) is 0.472. The fourth-order valence-corrected chi connectivity index (χ4v) is 1.64.